The van der Waals surface area contributed by atoms with Crippen molar-refractivity contribution in [2.75, 3.05) is 5.73 Å². The number of aromatic amines is 1. The van der Waals surface area contributed by atoms with Crippen LogP contribution in [0.4, 0.5) is 5.82 Å². The molecule has 0 aliphatic heterocycles. The summed E-state index contributed by atoms with van der Waals surface area (Å²) in [5, 5.41) is 7.88. The lowest BCUT2D eigenvalue weighted by molar-refractivity contribution is 1.10. The van der Waals surface area contributed by atoms with Gasteiger partial charge in [0.05, 0.1) is 11.3 Å². The maximum Gasteiger partial charge on any atom is 0.153 e. The first kappa shape index (κ1) is 14.4. The Labute approximate surface area is 141 Å². The van der Waals surface area contributed by atoms with Crippen molar-refractivity contribution in [1.29, 1.82) is 0 Å². The van der Waals surface area contributed by atoms with Gasteiger partial charge in [0.1, 0.15) is 0 Å². The summed E-state index contributed by atoms with van der Waals surface area (Å²) < 4.78 is 1.17. The predicted octanol–water partition coefficient (Wildman–Crippen LogP) is 4.89. The summed E-state index contributed by atoms with van der Waals surface area (Å²) in [5.41, 5.74) is 11.0. The maximum atomic E-state index is 6.32. The second-order valence-electron chi connectivity index (χ2n) is 4.78. The third kappa shape index (κ3) is 2.53. The highest BCUT2D eigenvalue weighted by Gasteiger charge is 2.18. The number of halogens is 2. The highest BCUT2D eigenvalue weighted by atomic mass is 127. The van der Waals surface area contributed by atoms with Gasteiger partial charge in [0, 0.05) is 19.7 Å². The van der Waals surface area contributed by atoms with E-state index in [0.717, 1.165) is 22.4 Å². The molecule has 0 unspecified atom stereocenters. The van der Waals surface area contributed by atoms with Gasteiger partial charge in [-0.1, -0.05) is 48.0 Å². The van der Waals surface area contributed by atoms with Crippen LogP contribution in [0.15, 0.2) is 42.5 Å². The van der Waals surface area contributed by atoms with Crippen LogP contribution >= 0.6 is 34.2 Å². The Morgan fingerprint density at radius 1 is 1.10 bits per heavy atom. The van der Waals surface area contributed by atoms with Crippen LogP contribution < -0.4 is 5.73 Å². The number of aromatic nitrogens is 2. The van der Waals surface area contributed by atoms with E-state index in [2.05, 4.69) is 51.8 Å². The molecule has 3 nitrogen and oxygen atoms in total. The van der Waals surface area contributed by atoms with Gasteiger partial charge in [-0.2, -0.15) is 5.10 Å². The second-order valence-corrected chi connectivity index (χ2v) is 6.26. The van der Waals surface area contributed by atoms with Gasteiger partial charge < -0.3 is 5.73 Å². The van der Waals surface area contributed by atoms with Gasteiger partial charge in [0.15, 0.2) is 5.82 Å². The lowest BCUT2D eigenvalue weighted by Crippen LogP contribution is -1.91. The average molecular weight is 410 g/mol. The van der Waals surface area contributed by atoms with E-state index in [1.807, 2.05) is 30.3 Å². The average Bonchev–Trinajstić information content (AvgIpc) is 2.84. The zero-order valence-corrected chi connectivity index (χ0v) is 14.2. The van der Waals surface area contributed by atoms with Crippen molar-refractivity contribution in [2.24, 2.45) is 0 Å². The van der Waals surface area contributed by atoms with E-state index in [1.165, 1.54) is 9.13 Å². The third-order valence-corrected chi connectivity index (χ3v) is 5.16. The van der Waals surface area contributed by atoms with Crippen LogP contribution in [0.25, 0.3) is 22.4 Å². The highest BCUT2D eigenvalue weighted by Crippen LogP contribution is 2.39. The minimum atomic E-state index is 0.454. The predicted molar refractivity (Wildman–Crippen MR) is 96.3 cm³/mol. The Morgan fingerprint density at radius 3 is 2.57 bits per heavy atom. The molecular formula is C16H13ClIN3. The molecule has 0 aliphatic carbocycles. The molecule has 3 rings (SSSR count). The largest absolute Gasteiger partial charge is 0.382 e. The van der Waals surface area contributed by atoms with Crippen LogP contribution in [0.3, 0.4) is 0 Å². The van der Waals surface area contributed by atoms with Crippen molar-refractivity contribution in [3.05, 3.63) is 56.6 Å². The van der Waals surface area contributed by atoms with Crippen LogP contribution in [0.5, 0.6) is 0 Å². The highest BCUT2D eigenvalue weighted by molar-refractivity contribution is 14.1. The summed E-state index contributed by atoms with van der Waals surface area (Å²) in [7, 11) is 0. The summed E-state index contributed by atoms with van der Waals surface area (Å²) in [6.45, 7) is 2.08. The number of benzene rings is 2. The van der Waals surface area contributed by atoms with E-state index in [0.29, 0.717) is 10.8 Å². The lowest BCUT2D eigenvalue weighted by atomic mass is 10.00. The van der Waals surface area contributed by atoms with E-state index in [9.17, 15) is 0 Å². The summed E-state index contributed by atoms with van der Waals surface area (Å²) in [5.74, 6) is 0.454. The van der Waals surface area contributed by atoms with Gasteiger partial charge in [-0.15, -0.1) is 0 Å². The summed E-state index contributed by atoms with van der Waals surface area (Å²) in [4.78, 5) is 0. The molecule has 0 amide bonds. The van der Waals surface area contributed by atoms with Crippen molar-refractivity contribution in [1.82, 2.24) is 10.2 Å². The molecule has 0 aliphatic rings. The van der Waals surface area contributed by atoms with E-state index >= 15 is 0 Å². The minimum Gasteiger partial charge on any atom is -0.382 e. The number of anilines is 1. The molecule has 1 heterocycles. The SMILES string of the molecule is Cc1cccc(-c2[nH]nc(N)c2-c2ccccc2Cl)c1I. The maximum absolute atomic E-state index is 6.32. The Kier molecular flexibility index (Phi) is 3.91. The number of hydrogen-bond acceptors (Lipinski definition) is 2. The molecule has 1 aromatic heterocycles. The molecule has 5 heteroatoms. The smallest absolute Gasteiger partial charge is 0.153 e. The summed E-state index contributed by atoms with van der Waals surface area (Å²) in [6.07, 6.45) is 0. The Hall–Kier alpha value is -1.53. The van der Waals surface area contributed by atoms with Crippen LogP contribution in [-0.4, -0.2) is 10.2 Å². The first-order valence-electron chi connectivity index (χ1n) is 6.44. The molecular weight excluding hydrogens is 397 g/mol. The van der Waals surface area contributed by atoms with Gasteiger partial charge in [-0.25, -0.2) is 0 Å². The topological polar surface area (TPSA) is 54.7 Å². The molecule has 3 N–H and O–H groups in total. The second kappa shape index (κ2) is 5.69. The number of nitrogen functional groups attached to an aromatic ring is 1. The van der Waals surface area contributed by atoms with Crippen molar-refractivity contribution in [2.45, 2.75) is 6.92 Å². The Morgan fingerprint density at radius 2 is 1.81 bits per heavy atom. The van der Waals surface area contributed by atoms with Gasteiger partial charge in [-0.3, -0.25) is 5.10 Å². The van der Waals surface area contributed by atoms with Crippen LogP contribution in [0.1, 0.15) is 5.56 Å². The number of H-pyrrole nitrogens is 1. The molecule has 0 spiro atoms. The molecule has 0 atom stereocenters. The molecule has 106 valence electrons. The quantitative estimate of drug-likeness (QED) is 0.592. The van der Waals surface area contributed by atoms with E-state index in [-0.39, 0.29) is 0 Å². The zero-order valence-electron chi connectivity index (χ0n) is 11.3. The number of hydrogen-bond donors (Lipinski definition) is 2. The number of nitrogens with one attached hydrogen (secondary N) is 1. The first-order chi connectivity index (χ1) is 10.1. The molecule has 0 bridgehead atoms. The molecule has 0 fully saturated rings. The van der Waals surface area contributed by atoms with Crippen molar-refractivity contribution < 1.29 is 0 Å². The molecule has 21 heavy (non-hydrogen) atoms. The number of aryl methyl sites for hydroxylation is 1. The third-order valence-electron chi connectivity index (χ3n) is 3.40. The fourth-order valence-corrected chi connectivity index (χ4v) is 3.19. The van der Waals surface area contributed by atoms with Gasteiger partial charge in [0.25, 0.3) is 0 Å². The monoisotopic (exact) mass is 409 g/mol. The van der Waals surface area contributed by atoms with E-state index in [1.54, 1.807) is 0 Å². The fraction of sp³-hybridized carbons (Fsp3) is 0.0625. The number of nitrogens with zero attached hydrogens (tertiary/aromatic N) is 1. The molecule has 0 saturated heterocycles. The van der Waals surface area contributed by atoms with Crippen LogP contribution in [0, 0.1) is 10.5 Å². The lowest BCUT2D eigenvalue weighted by Gasteiger charge is -2.09. The van der Waals surface area contributed by atoms with E-state index in [4.69, 9.17) is 17.3 Å². The first-order valence-corrected chi connectivity index (χ1v) is 7.89. The standard InChI is InChI=1S/C16H13ClIN3/c1-9-5-4-7-11(14(9)18)15-13(16(19)21-20-15)10-6-2-3-8-12(10)17/h2-8H,1H3,(H3,19,20,21). The summed E-state index contributed by atoms with van der Waals surface area (Å²) >= 11 is 8.66. The zero-order chi connectivity index (χ0) is 15.0. The Balaban J connectivity index is 2.28. The summed E-state index contributed by atoms with van der Waals surface area (Å²) in [6, 6.07) is 13.8. The molecule has 0 radical (unpaired) electrons. The van der Waals surface area contributed by atoms with Gasteiger partial charge >= 0.3 is 0 Å². The Bertz CT molecular complexity index is 811. The van der Waals surface area contributed by atoms with Crippen molar-refractivity contribution in [3.8, 4) is 22.4 Å². The fourth-order valence-electron chi connectivity index (χ4n) is 2.33. The normalized spacial score (nSPS) is 10.8. The minimum absolute atomic E-state index is 0.454. The van der Waals surface area contributed by atoms with Gasteiger partial charge in [0.2, 0.25) is 0 Å². The van der Waals surface area contributed by atoms with Crippen LogP contribution in [-0.2, 0) is 0 Å². The molecule has 0 saturated carbocycles. The number of nitrogens with two attached hydrogens (primary N) is 1. The number of rotatable bonds is 2. The van der Waals surface area contributed by atoms with E-state index < -0.39 is 0 Å². The van der Waals surface area contributed by atoms with Gasteiger partial charge in [-0.05, 0) is 41.1 Å². The molecule has 2 aromatic carbocycles. The van der Waals surface area contributed by atoms with Crippen LogP contribution in [0.2, 0.25) is 5.02 Å². The molecule has 3 aromatic rings. The van der Waals surface area contributed by atoms with Crippen molar-refractivity contribution in [3.63, 3.8) is 0 Å². The van der Waals surface area contributed by atoms with Crippen molar-refractivity contribution >= 4 is 40.0 Å².